The molecule has 136 valence electrons. The molecule has 1 aliphatic rings. The maximum absolute atomic E-state index is 13.2. The highest BCUT2D eigenvalue weighted by molar-refractivity contribution is 7.90. The Morgan fingerprint density at radius 1 is 0.889 bits per heavy atom. The first kappa shape index (κ1) is 17.9. The van der Waals surface area contributed by atoms with Gasteiger partial charge in [-0.15, -0.1) is 0 Å². The topological polar surface area (TPSA) is 51.2 Å². The summed E-state index contributed by atoms with van der Waals surface area (Å²) in [6, 6.07) is 18.4. The lowest BCUT2D eigenvalue weighted by molar-refractivity contribution is -0.117. The Morgan fingerprint density at radius 2 is 1.56 bits per heavy atom. The van der Waals surface area contributed by atoms with Crippen LogP contribution in [0.2, 0.25) is 0 Å². The van der Waals surface area contributed by atoms with E-state index < -0.39 is 15.3 Å². The van der Waals surface area contributed by atoms with Crippen LogP contribution in [0.3, 0.4) is 0 Å². The number of carbonyl (C=O) groups excluding carboxylic acids is 1. The molecule has 0 radical (unpaired) electrons. The van der Waals surface area contributed by atoms with E-state index in [9.17, 15) is 13.2 Å². The van der Waals surface area contributed by atoms with Gasteiger partial charge in [0.05, 0.1) is 10.3 Å². The fourth-order valence-corrected chi connectivity index (χ4v) is 5.07. The zero-order valence-electron chi connectivity index (χ0n) is 15.0. The second-order valence-corrected chi connectivity index (χ2v) is 9.67. The summed E-state index contributed by atoms with van der Waals surface area (Å²) in [7, 11) is -3.26. The molecule has 27 heavy (non-hydrogen) atoms. The maximum Gasteiger partial charge on any atom is 0.178 e. The number of carbonyl (C=O) groups is 1. The Morgan fingerprint density at radius 3 is 2.11 bits per heavy atom. The van der Waals surface area contributed by atoms with E-state index in [1.807, 2.05) is 54.1 Å². The first-order chi connectivity index (χ1) is 12.8. The molecule has 0 fully saturated rings. The van der Waals surface area contributed by atoms with Crippen molar-refractivity contribution in [3.63, 3.8) is 0 Å². The molecule has 4 rings (SSSR count). The summed E-state index contributed by atoms with van der Waals surface area (Å²) >= 11 is 1.56. The van der Waals surface area contributed by atoms with Crippen LogP contribution in [-0.4, -0.2) is 20.5 Å². The van der Waals surface area contributed by atoms with Gasteiger partial charge in [0, 0.05) is 11.8 Å². The minimum atomic E-state index is -3.26. The van der Waals surface area contributed by atoms with Crippen molar-refractivity contribution in [3.05, 3.63) is 88.1 Å². The highest BCUT2D eigenvalue weighted by Gasteiger charge is 2.52. The van der Waals surface area contributed by atoms with E-state index in [-0.39, 0.29) is 10.7 Å². The number of ketones is 1. The molecule has 1 atom stereocenters. The van der Waals surface area contributed by atoms with Crippen molar-refractivity contribution in [3.8, 4) is 0 Å². The minimum absolute atomic E-state index is 0.0919. The molecule has 0 saturated carbocycles. The number of sulfone groups is 1. The second-order valence-electron chi connectivity index (χ2n) is 6.88. The number of Topliss-reactive ketones (excluding diaryl/α,β-unsaturated/α-hetero) is 1. The molecule has 1 aromatic heterocycles. The van der Waals surface area contributed by atoms with Crippen LogP contribution in [0.1, 0.15) is 23.6 Å². The first-order valence-electron chi connectivity index (χ1n) is 8.51. The zero-order chi connectivity index (χ0) is 19.2. The molecule has 0 bridgehead atoms. The predicted octanol–water partition coefficient (Wildman–Crippen LogP) is 4.60. The number of hydrogen-bond donors (Lipinski definition) is 0. The largest absolute Gasteiger partial charge is 0.293 e. The second kappa shape index (κ2) is 6.29. The molecule has 3 aromatic rings. The molecule has 2 aromatic carbocycles. The Labute approximate surface area is 162 Å². The van der Waals surface area contributed by atoms with Gasteiger partial charge in [0.25, 0.3) is 0 Å². The molecular formula is C22H18O3S2. The summed E-state index contributed by atoms with van der Waals surface area (Å²) in [4.78, 5) is 13.5. The summed E-state index contributed by atoms with van der Waals surface area (Å²) in [5.41, 5.74) is 3.65. The molecule has 0 spiro atoms. The molecule has 3 nitrogen and oxygen atoms in total. The highest BCUT2D eigenvalue weighted by Crippen LogP contribution is 2.54. The van der Waals surface area contributed by atoms with Crippen molar-refractivity contribution in [1.82, 2.24) is 0 Å². The Balaban J connectivity index is 1.93. The highest BCUT2D eigenvalue weighted by atomic mass is 32.2. The normalized spacial score (nSPS) is 19.9. The van der Waals surface area contributed by atoms with E-state index in [0.29, 0.717) is 5.57 Å². The fourth-order valence-electron chi connectivity index (χ4n) is 3.67. The molecule has 0 saturated heterocycles. The average Bonchev–Trinajstić information content (AvgIpc) is 3.20. The summed E-state index contributed by atoms with van der Waals surface area (Å²) in [6.45, 7) is 1.95. The molecule has 1 unspecified atom stereocenters. The Hall–Kier alpha value is -2.50. The van der Waals surface area contributed by atoms with Crippen LogP contribution < -0.4 is 0 Å². The van der Waals surface area contributed by atoms with Gasteiger partial charge >= 0.3 is 0 Å². The van der Waals surface area contributed by atoms with Crippen molar-refractivity contribution < 1.29 is 13.2 Å². The summed E-state index contributed by atoms with van der Waals surface area (Å²) in [5, 5.41) is 3.98. The number of rotatable bonds is 4. The molecule has 1 aliphatic carbocycles. The SMILES string of the molecule is CC1(c2ccsc2)C(=O)C(c2ccccc2)=C1c1ccc(S(C)(=O)=O)cc1. The van der Waals surface area contributed by atoms with E-state index in [4.69, 9.17) is 0 Å². The number of allylic oxidation sites excluding steroid dienone is 2. The van der Waals surface area contributed by atoms with Crippen molar-refractivity contribution in [2.24, 2.45) is 0 Å². The summed E-state index contributed by atoms with van der Waals surface area (Å²) in [6.07, 6.45) is 1.19. The van der Waals surface area contributed by atoms with Crippen LogP contribution in [0.15, 0.2) is 76.3 Å². The fraction of sp³-hybridized carbons (Fsp3) is 0.136. The lowest BCUT2D eigenvalue weighted by Crippen LogP contribution is -2.43. The van der Waals surface area contributed by atoms with E-state index in [1.165, 1.54) is 6.26 Å². The van der Waals surface area contributed by atoms with E-state index >= 15 is 0 Å². The van der Waals surface area contributed by atoms with Crippen LogP contribution in [0.5, 0.6) is 0 Å². The van der Waals surface area contributed by atoms with Gasteiger partial charge < -0.3 is 0 Å². The van der Waals surface area contributed by atoms with Crippen LogP contribution in [0, 0.1) is 0 Å². The van der Waals surface area contributed by atoms with Crippen molar-refractivity contribution >= 4 is 38.1 Å². The van der Waals surface area contributed by atoms with E-state index in [0.717, 1.165) is 22.3 Å². The summed E-state index contributed by atoms with van der Waals surface area (Å²) < 4.78 is 23.6. The van der Waals surface area contributed by atoms with Gasteiger partial charge in [0.1, 0.15) is 0 Å². The first-order valence-corrected chi connectivity index (χ1v) is 11.3. The van der Waals surface area contributed by atoms with Gasteiger partial charge in [-0.1, -0.05) is 42.5 Å². The molecule has 0 amide bonds. The van der Waals surface area contributed by atoms with E-state index in [1.54, 1.807) is 35.6 Å². The van der Waals surface area contributed by atoms with Crippen LogP contribution in [-0.2, 0) is 20.0 Å². The minimum Gasteiger partial charge on any atom is -0.293 e. The van der Waals surface area contributed by atoms with Crippen molar-refractivity contribution in [2.45, 2.75) is 17.2 Å². The third kappa shape index (κ3) is 2.78. The third-order valence-electron chi connectivity index (χ3n) is 5.16. The number of thiophene rings is 1. The smallest absolute Gasteiger partial charge is 0.178 e. The monoisotopic (exact) mass is 394 g/mol. The van der Waals surface area contributed by atoms with Crippen molar-refractivity contribution in [1.29, 1.82) is 0 Å². The zero-order valence-corrected chi connectivity index (χ0v) is 16.6. The van der Waals surface area contributed by atoms with Crippen LogP contribution >= 0.6 is 11.3 Å². The number of hydrogen-bond acceptors (Lipinski definition) is 4. The maximum atomic E-state index is 13.2. The average molecular weight is 395 g/mol. The molecule has 5 heteroatoms. The Kier molecular flexibility index (Phi) is 4.17. The van der Waals surface area contributed by atoms with Crippen molar-refractivity contribution in [2.75, 3.05) is 6.26 Å². The lowest BCUT2D eigenvalue weighted by Gasteiger charge is -2.42. The number of benzene rings is 2. The molecule has 1 heterocycles. The van der Waals surface area contributed by atoms with Crippen LogP contribution in [0.25, 0.3) is 11.1 Å². The van der Waals surface area contributed by atoms with Gasteiger partial charge in [0.2, 0.25) is 0 Å². The molecular weight excluding hydrogens is 376 g/mol. The summed E-state index contributed by atoms with van der Waals surface area (Å²) in [5.74, 6) is 0.0919. The predicted molar refractivity (Wildman–Crippen MR) is 109 cm³/mol. The van der Waals surface area contributed by atoms with Crippen LogP contribution in [0.4, 0.5) is 0 Å². The van der Waals surface area contributed by atoms with Gasteiger partial charge in [-0.05, 0) is 58.1 Å². The molecule has 0 N–H and O–H groups in total. The quantitative estimate of drug-likeness (QED) is 0.650. The third-order valence-corrected chi connectivity index (χ3v) is 6.98. The van der Waals surface area contributed by atoms with E-state index in [2.05, 4.69) is 0 Å². The van der Waals surface area contributed by atoms with Gasteiger partial charge in [0.15, 0.2) is 15.6 Å². The Bertz CT molecular complexity index is 1140. The lowest BCUT2D eigenvalue weighted by atomic mass is 9.57. The molecule has 0 aliphatic heterocycles. The van der Waals surface area contributed by atoms with Gasteiger partial charge in [-0.25, -0.2) is 8.42 Å². The van der Waals surface area contributed by atoms with Gasteiger partial charge in [-0.2, -0.15) is 11.3 Å². The standard InChI is InChI=1S/C22H18O3S2/c1-22(17-12-13-26-14-17)20(16-8-10-18(11-9-16)27(2,24)25)19(21(22)23)15-6-4-3-5-7-15/h3-14H,1-2H3. The van der Waals surface area contributed by atoms with Gasteiger partial charge in [-0.3, -0.25) is 4.79 Å².